The summed E-state index contributed by atoms with van der Waals surface area (Å²) in [5, 5.41) is 0. The zero-order chi connectivity index (χ0) is 16.3. The Labute approximate surface area is 140 Å². The van der Waals surface area contributed by atoms with Gasteiger partial charge in [0.15, 0.2) is 0 Å². The smallest absolute Gasteiger partial charge is 0.244 e. The van der Waals surface area contributed by atoms with Gasteiger partial charge in [0.05, 0.1) is 7.11 Å². The van der Waals surface area contributed by atoms with E-state index in [-0.39, 0.29) is 16.9 Å². The highest BCUT2D eigenvalue weighted by molar-refractivity contribution is 9.10. The lowest BCUT2D eigenvalue weighted by Gasteiger charge is -2.31. The normalized spacial score (nSPS) is 22.5. The van der Waals surface area contributed by atoms with E-state index in [9.17, 15) is 8.42 Å². The Morgan fingerprint density at radius 1 is 1.36 bits per heavy atom. The van der Waals surface area contributed by atoms with Crippen molar-refractivity contribution in [2.24, 2.45) is 11.7 Å². The van der Waals surface area contributed by atoms with Crippen LogP contribution in [-0.2, 0) is 10.0 Å². The summed E-state index contributed by atoms with van der Waals surface area (Å²) in [6, 6.07) is 3.21. The highest BCUT2D eigenvalue weighted by Crippen LogP contribution is 2.32. The Morgan fingerprint density at radius 2 is 2.05 bits per heavy atom. The minimum atomic E-state index is -3.65. The van der Waals surface area contributed by atoms with Gasteiger partial charge in [0.2, 0.25) is 10.0 Å². The summed E-state index contributed by atoms with van der Waals surface area (Å²) in [4.78, 5) is 0.161. The summed E-state index contributed by atoms with van der Waals surface area (Å²) >= 11 is 3.38. The van der Waals surface area contributed by atoms with Crippen molar-refractivity contribution in [1.82, 2.24) is 4.72 Å². The third-order valence-corrected chi connectivity index (χ3v) is 6.62. The molecule has 0 spiro atoms. The molecule has 124 valence electrons. The van der Waals surface area contributed by atoms with Crippen molar-refractivity contribution in [1.29, 1.82) is 0 Å². The summed E-state index contributed by atoms with van der Waals surface area (Å²) in [7, 11) is -2.17. The van der Waals surface area contributed by atoms with E-state index in [1.165, 1.54) is 7.11 Å². The number of methoxy groups -OCH3 is 1. The van der Waals surface area contributed by atoms with E-state index in [4.69, 9.17) is 10.5 Å². The van der Waals surface area contributed by atoms with Crippen LogP contribution < -0.4 is 15.2 Å². The largest absolute Gasteiger partial charge is 0.495 e. The van der Waals surface area contributed by atoms with E-state index in [0.717, 1.165) is 35.7 Å². The van der Waals surface area contributed by atoms with Crippen LogP contribution in [0.15, 0.2) is 21.5 Å². The van der Waals surface area contributed by atoms with Crippen molar-refractivity contribution >= 4 is 26.0 Å². The van der Waals surface area contributed by atoms with Crippen LogP contribution in [-0.4, -0.2) is 28.1 Å². The van der Waals surface area contributed by atoms with Crippen molar-refractivity contribution in [3.63, 3.8) is 0 Å². The molecule has 1 aromatic carbocycles. The average molecular weight is 391 g/mol. The topological polar surface area (TPSA) is 81.4 Å². The molecule has 0 saturated heterocycles. The molecule has 2 atom stereocenters. The lowest BCUT2D eigenvalue weighted by Crippen LogP contribution is -2.44. The maximum atomic E-state index is 12.8. The van der Waals surface area contributed by atoms with Crippen molar-refractivity contribution in [2.75, 3.05) is 13.7 Å². The molecule has 1 aliphatic carbocycles. The first-order valence-corrected chi connectivity index (χ1v) is 9.73. The first kappa shape index (κ1) is 17.7. The van der Waals surface area contributed by atoms with E-state index in [0.29, 0.717) is 12.3 Å². The molecule has 0 heterocycles. The number of halogens is 1. The van der Waals surface area contributed by atoms with Gasteiger partial charge in [-0.3, -0.25) is 0 Å². The fourth-order valence-electron chi connectivity index (χ4n) is 2.91. The second-order valence-corrected chi connectivity index (χ2v) is 8.30. The zero-order valence-corrected chi connectivity index (χ0v) is 15.3. The molecule has 1 fully saturated rings. The molecule has 2 unspecified atom stereocenters. The first-order chi connectivity index (χ1) is 10.4. The Morgan fingerprint density at radius 3 is 2.68 bits per heavy atom. The van der Waals surface area contributed by atoms with Crippen LogP contribution >= 0.6 is 15.9 Å². The van der Waals surface area contributed by atoms with Gasteiger partial charge in [-0.25, -0.2) is 13.1 Å². The predicted molar refractivity (Wildman–Crippen MR) is 90.6 cm³/mol. The number of hydrogen-bond donors (Lipinski definition) is 2. The van der Waals surface area contributed by atoms with Gasteiger partial charge in [-0.05, 0) is 49.9 Å². The standard InChI is InChI=1S/C15H23BrN2O3S/c1-10-7-14(21-2)15(8-12(10)16)22(19,20)18-13-6-4-3-5-11(13)9-17/h7-8,11,13,18H,3-6,9,17H2,1-2H3. The molecule has 3 N–H and O–H groups in total. The first-order valence-electron chi connectivity index (χ1n) is 7.45. The van der Waals surface area contributed by atoms with E-state index in [2.05, 4.69) is 20.7 Å². The molecular weight excluding hydrogens is 368 g/mol. The molecule has 22 heavy (non-hydrogen) atoms. The van der Waals surface area contributed by atoms with E-state index in [1.54, 1.807) is 12.1 Å². The van der Waals surface area contributed by atoms with Crippen LogP contribution in [0, 0.1) is 12.8 Å². The van der Waals surface area contributed by atoms with Gasteiger partial charge < -0.3 is 10.5 Å². The van der Waals surface area contributed by atoms with Gasteiger partial charge in [-0.15, -0.1) is 0 Å². The second kappa shape index (κ2) is 7.29. The third kappa shape index (κ3) is 3.82. The summed E-state index contributed by atoms with van der Waals surface area (Å²) in [5.74, 6) is 0.553. The molecule has 7 heteroatoms. The Balaban J connectivity index is 2.32. The molecule has 1 saturated carbocycles. The SMILES string of the molecule is COc1cc(C)c(Br)cc1S(=O)(=O)NC1CCCCC1CN. The number of benzene rings is 1. The molecule has 5 nitrogen and oxygen atoms in total. The lowest BCUT2D eigenvalue weighted by molar-refractivity contribution is 0.295. The van der Waals surface area contributed by atoms with E-state index < -0.39 is 10.0 Å². The molecule has 2 rings (SSSR count). The number of ether oxygens (including phenoxy) is 1. The van der Waals surface area contributed by atoms with Crippen LogP contribution in [0.5, 0.6) is 5.75 Å². The summed E-state index contributed by atoms with van der Waals surface area (Å²) in [6.07, 6.45) is 3.94. The predicted octanol–water partition coefficient (Wildman–Crippen LogP) is 2.56. The molecule has 0 bridgehead atoms. The fourth-order valence-corrected chi connectivity index (χ4v) is 4.92. The Bertz CT molecular complexity index is 634. The van der Waals surface area contributed by atoms with Gasteiger partial charge in [0, 0.05) is 10.5 Å². The molecule has 0 radical (unpaired) electrons. The number of hydrogen-bond acceptors (Lipinski definition) is 4. The molecule has 1 aromatic rings. The zero-order valence-electron chi connectivity index (χ0n) is 12.9. The fraction of sp³-hybridized carbons (Fsp3) is 0.600. The highest BCUT2D eigenvalue weighted by Gasteiger charge is 2.30. The number of sulfonamides is 1. The van der Waals surface area contributed by atoms with Gasteiger partial charge in [-0.2, -0.15) is 0 Å². The Hall–Kier alpha value is -0.630. The van der Waals surface area contributed by atoms with Gasteiger partial charge in [-0.1, -0.05) is 28.8 Å². The van der Waals surface area contributed by atoms with Crippen LogP contribution in [0.3, 0.4) is 0 Å². The van der Waals surface area contributed by atoms with E-state index in [1.807, 2.05) is 6.92 Å². The quantitative estimate of drug-likeness (QED) is 0.809. The van der Waals surface area contributed by atoms with Crippen molar-refractivity contribution in [2.45, 2.75) is 43.5 Å². The van der Waals surface area contributed by atoms with Crippen LogP contribution in [0.1, 0.15) is 31.2 Å². The van der Waals surface area contributed by atoms with Gasteiger partial charge in [0.1, 0.15) is 10.6 Å². The molecule has 0 amide bonds. The number of nitrogens with two attached hydrogens (primary N) is 1. The molecule has 0 aromatic heterocycles. The summed E-state index contributed by atoms with van der Waals surface area (Å²) in [5.41, 5.74) is 6.71. The minimum Gasteiger partial charge on any atom is -0.495 e. The highest BCUT2D eigenvalue weighted by atomic mass is 79.9. The monoisotopic (exact) mass is 390 g/mol. The second-order valence-electron chi connectivity index (χ2n) is 5.76. The summed E-state index contributed by atoms with van der Waals surface area (Å²) < 4.78 is 34.3. The number of rotatable bonds is 5. The maximum Gasteiger partial charge on any atom is 0.244 e. The molecule has 1 aliphatic rings. The number of nitrogens with one attached hydrogen (secondary N) is 1. The molecule has 0 aliphatic heterocycles. The van der Waals surface area contributed by atoms with Crippen LogP contribution in [0.25, 0.3) is 0 Å². The van der Waals surface area contributed by atoms with Crippen molar-refractivity contribution < 1.29 is 13.2 Å². The van der Waals surface area contributed by atoms with Gasteiger partial charge >= 0.3 is 0 Å². The van der Waals surface area contributed by atoms with Gasteiger partial charge in [0.25, 0.3) is 0 Å². The summed E-state index contributed by atoms with van der Waals surface area (Å²) in [6.45, 7) is 2.39. The van der Waals surface area contributed by atoms with Crippen LogP contribution in [0.4, 0.5) is 0 Å². The number of aryl methyl sites for hydroxylation is 1. The van der Waals surface area contributed by atoms with E-state index >= 15 is 0 Å². The minimum absolute atomic E-state index is 0.103. The molecular formula is C15H23BrN2O3S. The lowest BCUT2D eigenvalue weighted by atomic mass is 9.85. The van der Waals surface area contributed by atoms with Crippen LogP contribution in [0.2, 0.25) is 0 Å². The third-order valence-electron chi connectivity index (χ3n) is 4.25. The van der Waals surface area contributed by atoms with Crippen molar-refractivity contribution in [3.05, 3.63) is 22.2 Å². The Kier molecular flexibility index (Phi) is 5.87. The van der Waals surface area contributed by atoms with Crippen molar-refractivity contribution in [3.8, 4) is 5.75 Å². The average Bonchev–Trinajstić information content (AvgIpc) is 2.49. The maximum absolute atomic E-state index is 12.8.